The molecule has 0 radical (unpaired) electrons. The molecule has 1 aromatic carbocycles. The summed E-state index contributed by atoms with van der Waals surface area (Å²) in [5, 5.41) is 11.4. The van der Waals surface area contributed by atoms with Gasteiger partial charge in [-0.15, -0.1) is 0 Å². The highest BCUT2D eigenvalue weighted by atomic mass is 16.6. The monoisotopic (exact) mass is 322 g/mol. The SMILES string of the molecule is CCOC(=O)c1cc(N2CCOCC2)c([N+](=O)[O-])cc1CC=O. The van der Waals surface area contributed by atoms with Crippen molar-refractivity contribution in [2.45, 2.75) is 13.3 Å². The summed E-state index contributed by atoms with van der Waals surface area (Å²) in [7, 11) is 0. The lowest BCUT2D eigenvalue weighted by Crippen LogP contribution is -2.36. The molecule has 1 fully saturated rings. The lowest BCUT2D eigenvalue weighted by atomic mass is 10.0. The third-order valence-corrected chi connectivity index (χ3v) is 3.55. The second-order valence-electron chi connectivity index (χ2n) is 4.95. The number of benzene rings is 1. The van der Waals surface area contributed by atoms with Crippen molar-refractivity contribution in [1.82, 2.24) is 0 Å². The van der Waals surface area contributed by atoms with E-state index in [9.17, 15) is 19.7 Å². The number of carbonyl (C=O) groups excluding carboxylic acids is 2. The van der Waals surface area contributed by atoms with Crippen molar-refractivity contribution in [3.8, 4) is 0 Å². The third kappa shape index (κ3) is 3.84. The topological polar surface area (TPSA) is 99.0 Å². The molecule has 0 spiro atoms. The van der Waals surface area contributed by atoms with E-state index in [0.717, 1.165) is 0 Å². The molecule has 0 aromatic heterocycles. The Morgan fingerprint density at radius 1 is 1.43 bits per heavy atom. The van der Waals surface area contributed by atoms with Crippen LogP contribution in [0.25, 0.3) is 0 Å². The van der Waals surface area contributed by atoms with Crippen LogP contribution in [0.3, 0.4) is 0 Å². The van der Waals surface area contributed by atoms with Gasteiger partial charge in [0.05, 0.1) is 30.3 Å². The second kappa shape index (κ2) is 7.68. The maximum Gasteiger partial charge on any atom is 0.338 e. The van der Waals surface area contributed by atoms with Crippen molar-refractivity contribution in [3.05, 3.63) is 33.4 Å². The van der Waals surface area contributed by atoms with E-state index in [2.05, 4.69) is 0 Å². The largest absolute Gasteiger partial charge is 0.462 e. The molecule has 1 saturated heterocycles. The molecule has 1 aliphatic rings. The highest BCUT2D eigenvalue weighted by Gasteiger charge is 2.26. The van der Waals surface area contributed by atoms with Crippen molar-refractivity contribution < 1.29 is 24.0 Å². The van der Waals surface area contributed by atoms with Crippen molar-refractivity contribution in [1.29, 1.82) is 0 Å². The van der Waals surface area contributed by atoms with Gasteiger partial charge < -0.3 is 19.2 Å². The fourth-order valence-electron chi connectivity index (χ4n) is 2.48. The first-order valence-corrected chi connectivity index (χ1v) is 7.33. The van der Waals surface area contributed by atoms with E-state index < -0.39 is 10.9 Å². The zero-order chi connectivity index (χ0) is 16.8. The number of nitro groups is 1. The Hall–Kier alpha value is -2.48. The minimum Gasteiger partial charge on any atom is -0.462 e. The first kappa shape index (κ1) is 16.9. The van der Waals surface area contributed by atoms with Gasteiger partial charge >= 0.3 is 5.97 Å². The van der Waals surface area contributed by atoms with Crippen LogP contribution < -0.4 is 4.90 Å². The number of carbonyl (C=O) groups is 2. The van der Waals surface area contributed by atoms with Crippen LogP contribution >= 0.6 is 0 Å². The summed E-state index contributed by atoms with van der Waals surface area (Å²) < 4.78 is 10.2. The van der Waals surface area contributed by atoms with Crippen LogP contribution in [0.15, 0.2) is 12.1 Å². The van der Waals surface area contributed by atoms with Crippen molar-refractivity contribution in [2.24, 2.45) is 0 Å². The Labute approximate surface area is 133 Å². The zero-order valence-corrected chi connectivity index (χ0v) is 12.8. The summed E-state index contributed by atoms with van der Waals surface area (Å²) in [4.78, 5) is 35.6. The van der Waals surface area contributed by atoms with Crippen LogP contribution in [0.5, 0.6) is 0 Å². The number of rotatable bonds is 6. The summed E-state index contributed by atoms with van der Waals surface area (Å²) in [6.07, 6.45) is 0.522. The highest BCUT2D eigenvalue weighted by Crippen LogP contribution is 2.32. The number of esters is 1. The van der Waals surface area contributed by atoms with E-state index in [0.29, 0.717) is 43.8 Å². The predicted octanol–water partition coefficient (Wildman–Crippen LogP) is 1.35. The Morgan fingerprint density at radius 2 is 2.13 bits per heavy atom. The lowest BCUT2D eigenvalue weighted by molar-refractivity contribution is -0.384. The zero-order valence-electron chi connectivity index (χ0n) is 12.8. The number of nitrogens with zero attached hydrogens (tertiary/aromatic N) is 2. The first-order chi connectivity index (χ1) is 11.1. The van der Waals surface area contributed by atoms with Crippen LogP contribution in [-0.2, 0) is 20.7 Å². The Kier molecular flexibility index (Phi) is 5.64. The van der Waals surface area contributed by atoms with Gasteiger partial charge in [0.25, 0.3) is 5.69 Å². The van der Waals surface area contributed by atoms with E-state index in [1.54, 1.807) is 11.8 Å². The molecule has 1 aromatic rings. The Morgan fingerprint density at radius 3 is 2.70 bits per heavy atom. The number of hydrogen-bond acceptors (Lipinski definition) is 7. The maximum atomic E-state index is 12.1. The number of aldehydes is 1. The molecule has 124 valence electrons. The van der Waals surface area contributed by atoms with Gasteiger partial charge in [-0.3, -0.25) is 10.1 Å². The molecule has 23 heavy (non-hydrogen) atoms. The van der Waals surface area contributed by atoms with Crippen LogP contribution in [0.4, 0.5) is 11.4 Å². The molecule has 0 N–H and O–H groups in total. The van der Waals surface area contributed by atoms with E-state index in [1.807, 2.05) is 0 Å². The molecule has 0 bridgehead atoms. The van der Waals surface area contributed by atoms with Crippen LogP contribution in [-0.4, -0.2) is 50.1 Å². The fourth-order valence-corrected chi connectivity index (χ4v) is 2.48. The maximum absolute atomic E-state index is 12.1. The number of anilines is 1. The first-order valence-electron chi connectivity index (χ1n) is 7.33. The van der Waals surface area contributed by atoms with Gasteiger partial charge in [0.2, 0.25) is 0 Å². The molecule has 0 unspecified atom stereocenters. The molecular weight excluding hydrogens is 304 g/mol. The van der Waals surface area contributed by atoms with Gasteiger partial charge in [0.1, 0.15) is 12.0 Å². The molecule has 0 atom stereocenters. The number of hydrogen-bond donors (Lipinski definition) is 0. The summed E-state index contributed by atoms with van der Waals surface area (Å²) in [5.74, 6) is -0.589. The third-order valence-electron chi connectivity index (χ3n) is 3.55. The molecule has 0 amide bonds. The minimum atomic E-state index is -0.589. The summed E-state index contributed by atoms with van der Waals surface area (Å²) in [6, 6.07) is 2.73. The van der Waals surface area contributed by atoms with Crippen LogP contribution in [0, 0.1) is 10.1 Å². The molecule has 1 aliphatic heterocycles. The minimum absolute atomic E-state index is 0.0849. The summed E-state index contributed by atoms with van der Waals surface area (Å²) in [6.45, 7) is 3.77. The summed E-state index contributed by atoms with van der Waals surface area (Å²) >= 11 is 0. The van der Waals surface area contributed by atoms with Gasteiger partial charge in [-0.25, -0.2) is 4.79 Å². The van der Waals surface area contributed by atoms with Crippen LogP contribution in [0.1, 0.15) is 22.8 Å². The molecule has 1 heterocycles. The molecule has 8 heteroatoms. The normalized spacial score (nSPS) is 14.4. The lowest BCUT2D eigenvalue weighted by Gasteiger charge is -2.29. The Balaban J connectivity index is 2.53. The number of ether oxygens (including phenoxy) is 2. The number of nitro benzene ring substituents is 1. The van der Waals surface area contributed by atoms with Crippen molar-refractivity contribution in [2.75, 3.05) is 37.8 Å². The molecule has 0 saturated carbocycles. The summed E-state index contributed by atoms with van der Waals surface area (Å²) in [5.41, 5.74) is 0.695. The quantitative estimate of drug-likeness (QED) is 0.337. The molecule has 2 rings (SSSR count). The van der Waals surface area contributed by atoms with Gasteiger partial charge in [0.15, 0.2) is 0 Å². The van der Waals surface area contributed by atoms with Gasteiger partial charge in [0, 0.05) is 25.6 Å². The van der Waals surface area contributed by atoms with E-state index in [1.165, 1.54) is 12.1 Å². The second-order valence-corrected chi connectivity index (χ2v) is 4.95. The Bertz CT molecular complexity index is 610. The molecular formula is C15H18N2O6. The standard InChI is InChI=1S/C15H18N2O6/c1-2-23-15(19)12-10-13(16-4-7-22-8-5-16)14(17(20)21)9-11(12)3-6-18/h6,9-10H,2-5,7-8H2,1H3. The highest BCUT2D eigenvalue weighted by molar-refractivity contribution is 5.94. The van der Waals surface area contributed by atoms with Crippen molar-refractivity contribution >= 4 is 23.6 Å². The van der Waals surface area contributed by atoms with E-state index in [-0.39, 0.29) is 24.3 Å². The fraction of sp³-hybridized carbons (Fsp3) is 0.467. The number of morpholine rings is 1. The predicted molar refractivity (Wildman–Crippen MR) is 81.9 cm³/mol. The average molecular weight is 322 g/mol. The van der Waals surface area contributed by atoms with Gasteiger partial charge in [-0.2, -0.15) is 0 Å². The van der Waals surface area contributed by atoms with Gasteiger partial charge in [-0.1, -0.05) is 0 Å². The average Bonchev–Trinajstić information content (AvgIpc) is 2.55. The smallest absolute Gasteiger partial charge is 0.338 e. The van der Waals surface area contributed by atoms with E-state index in [4.69, 9.17) is 9.47 Å². The van der Waals surface area contributed by atoms with E-state index >= 15 is 0 Å². The van der Waals surface area contributed by atoms with Gasteiger partial charge in [-0.05, 0) is 18.6 Å². The molecule has 0 aliphatic carbocycles. The van der Waals surface area contributed by atoms with Crippen LogP contribution in [0.2, 0.25) is 0 Å². The molecule has 8 nitrogen and oxygen atoms in total. The van der Waals surface area contributed by atoms with Crippen molar-refractivity contribution in [3.63, 3.8) is 0 Å².